The molecule has 1 amide bonds. The van der Waals surface area contributed by atoms with E-state index in [0.717, 1.165) is 0 Å². The highest BCUT2D eigenvalue weighted by molar-refractivity contribution is 8.07. The summed E-state index contributed by atoms with van der Waals surface area (Å²) in [6.07, 6.45) is -0.0601. The molecule has 0 aliphatic carbocycles. The number of anilines is 1. The third-order valence-corrected chi connectivity index (χ3v) is 7.43. The number of nitrogens with zero attached hydrogens (tertiary/aromatic N) is 4. The molecule has 188 valence electrons. The van der Waals surface area contributed by atoms with Gasteiger partial charge >= 0.3 is 6.72 Å². The molecule has 2 aromatic heterocycles. The molecule has 2 aliphatic rings. The molecule has 0 aromatic carbocycles. The Kier molecular flexibility index (Phi) is 5.79. The van der Waals surface area contributed by atoms with Crippen LogP contribution in [0.15, 0.2) is 11.1 Å². The van der Waals surface area contributed by atoms with Gasteiger partial charge in [-0.2, -0.15) is 4.98 Å². The quantitative estimate of drug-likeness (QED) is 0.501. The zero-order valence-electron chi connectivity index (χ0n) is 20.2. The van der Waals surface area contributed by atoms with E-state index in [4.69, 9.17) is 31.3 Å². The zero-order valence-corrected chi connectivity index (χ0v) is 21.9. The summed E-state index contributed by atoms with van der Waals surface area (Å²) in [5, 5.41) is 0. The molecule has 1 unspecified atom stereocenters. The summed E-state index contributed by atoms with van der Waals surface area (Å²) in [6, 6.07) is -0.701. The van der Waals surface area contributed by atoms with Gasteiger partial charge in [0.2, 0.25) is 5.95 Å². The Morgan fingerprint density at radius 2 is 1.97 bits per heavy atom. The van der Waals surface area contributed by atoms with Crippen molar-refractivity contribution in [2.24, 2.45) is 5.41 Å². The molecule has 34 heavy (non-hydrogen) atoms. The molecule has 0 spiro atoms. The van der Waals surface area contributed by atoms with E-state index in [1.165, 1.54) is 11.2 Å². The van der Waals surface area contributed by atoms with Gasteiger partial charge in [0, 0.05) is 7.05 Å². The van der Waals surface area contributed by atoms with Crippen LogP contribution in [0.2, 0.25) is 0 Å². The highest BCUT2D eigenvalue weighted by Crippen LogP contribution is 2.59. The fourth-order valence-electron chi connectivity index (χ4n) is 4.79. The fourth-order valence-corrected chi connectivity index (χ4v) is 7.06. The average molecular weight is 515 g/mol. The van der Waals surface area contributed by atoms with Crippen LogP contribution in [0.3, 0.4) is 0 Å². The first kappa shape index (κ1) is 25.2. The number of nitrogens with two attached hydrogens (primary N) is 1. The molecule has 4 heterocycles. The van der Waals surface area contributed by atoms with E-state index in [0.29, 0.717) is 0 Å². The highest BCUT2D eigenvalue weighted by atomic mass is 32.5. The largest absolute Gasteiger partial charge is 0.369 e. The number of fused-ring (bicyclic) bond motifs is 3. The number of carbonyl (C=O) groups is 1. The molecule has 4 N–H and O–H groups in total. The Balaban J connectivity index is 1.84. The summed E-state index contributed by atoms with van der Waals surface area (Å²) in [5.74, 6) is -0.359. The Hall–Kier alpha value is -1.89. The first-order valence-corrected chi connectivity index (χ1v) is 13.4. The van der Waals surface area contributed by atoms with Gasteiger partial charge in [-0.15, -0.1) is 0 Å². The Labute approximate surface area is 202 Å². The number of aromatic amines is 1. The molecule has 2 fully saturated rings. The molecule has 12 nitrogen and oxygen atoms in total. The van der Waals surface area contributed by atoms with Crippen molar-refractivity contribution in [3.05, 3.63) is 16.7 Å². The summed E-state index contributed by atoms with van der Waals surface area (Å²) >= 11 is 5.32. The van der Waals surface area contributed by atoms with Crippen LogP contribution in [-0.2, 0) is 30.4 Å². The van der Waals surface area contributed by atoms with E-state index in [1.807, 2.05) is 20.8 Å². The van der Waals surface area contributed by atoms with E-state index < -0.39 is 41.9 Å². The van der Waals surface area contributed by atoms with Crippen LogP contribution in [0.1, 0.15) is 54.2 Å². The number of morpholine rings is 1. The predicted molar refractivity (Wildman–Crippen MR) is 128 cm³/mol. The normalized spacial score (nSPS) is 29.2. The van der Waals surface area contributed by atoms with Crippen molar-refractivity contribution in [3.8, 4) is 0 Å². The summed E-state index contributed by atoms with van der Waals surface area (Å²) in [6.45, 7) is 7.43. The van der Waals surface area contributed by atoms with Gasteiger partial charge in [0.05, 0.1) is 11.9 Å². The number of hydrogen-bond donors (Lipinski definition) is 3. The third-order valence-electron chi connectivity index (χ3n) is 5.68. The Bertz CT molecular complexity index is 1250. The number of H-pyrrole nitrogens is 1. The summed E-state index contributed by atoms with van der Waals surface area (Å²) in [4.78, 5) is 49.0. The smallest absolute Gasteiger partial charge is 0.325 e. The number of likely N-dealkylation sites (tertiary alicyclic amines) is 1. The average Bonchev–Trinajstić information content (AvgIpc) is 3.21. The predicted octanol–water partition coefficient (Wildman–Crippen LogP) is 1.66. The van der Waals surface area contributed by atoms with Gasteiger partial charge in [-0.3, -0.25) is 23.7 Å². The fraction of sp³-hybridized carbons (Fsp3) is 0.700. The zero-order chi connectivity index (χ0) is 25.4. The maximum atomic E-state index is 13.5. The number of amides is 1. The lowest BCUT2D eigenvalue weighted by Crippen LogP contribution is -2.51. The van der Waals surface area contributed by atoms with Crippen LogP contribution < -0.4 is 11.3 Å². The molecule has 2 aliphatic heterocycles. The van der Waals surface area contributed by atoms with Crippen molar-refractivity contribution in [1.29, 1.82) is 0 Å². The lowest BCUT2D eigenvalue weighted by Gasteiger charge is -2.38. The monoisotopic (exact) mass is 514 g/mol. The first-order valence-electron chi connectivity index (χ1n) is 10.8. The van der Waals surface area contributed by atoms with Crippen molar-refractivity contribution >= 4 is 41.5 Å². The number of rotatable bonds is 5. The molecule has 14 heteroatoms. The van der Waals surface area contributed by atoms with E-state index in [1.54, 1.807) is 32.4 Å². The van der Waals surface area contributed by atoms with Gasteiger partial charge in [0.1, 0.15) is 12.1 Å². The van der Waals surface area contributed by atoms with Gasteiger partial charge in [0.25, 0.3) is 11.5 Å². The van der Waals surface area contributed by atoms with Gasteiger partial charge in [-0.1, -0.05) is 20.8 Å². The van der Waals surface area contributed by atoms with Crippen LogP contribution in [0.5, 0.6) is 0 Å². The molecule has 5 atom stereocenters. The van der Waals surface area contributed by atoms with Crippen molar-refractivity contribution in [2.45, 2.75) is 77.5 Å². The second kappa shape index (κ2) is 7.81. The number of likely N-dealkylation sites (N-methyl/N-ethyl adjacent to an activating group) is 1. The number of hydrogen-bond acceptors (Lipinski definition) is 9. The summed E-state index contributed by atoms with van der Waals surface area (Å²) in [7, 11) is 1.64. The minimum atomic E-state index is -3.77. The number of ether oxygens (including phenoxy) is 1. The molecule has 0 radical (unpaired) electrons. The van der Waals surface area contributed by atoms with Gasteiger partial charge < -0.3 is 24.8 Å². The summed E-state index contributed by atoms with van der Waals surface area (Å²) in [5.41, 5.74) is 3.00. The number of carbonyl (C=O) groups excluding carboxylic acids is 1. The Morgan fingerprint density at radius 1 is 1.32 bits per heavy atom. The topological polar surface area (TPSA) is 158 Å². The van der Waals surface area contributed by atoms with E-state index in [-0.39, 0.29) is 34.9 Å². The van der Waals surface area contributed by atoms with Gasteiger partial charge in [-0.05, 0) is 44.4 Å². The lowest BCUT2D eigenvalue weighted by atomic mass is 9.80. The van der Waals surface area contributed by atoms with E-state index in [9.17, 15) is 14.5 Å². The standard InChI is InChI=1S/C20H31N6O6PS/c1-18(2,3)8-20-12(31-33(29,34)32-19(4,5)6)11(25(7)16(20)28)15(30-20)26-9-22-10-13(26)23-17(21)24-14(10)27/h9,11-12,15H,8H2,1-7H3,(H,29,34)(H3,21,23,24,27)/t11-,12+,15-,20-,33?/m1/s1. The summed E-state index contributed by atoms with van der Waals surface area (Å²) < 4.78 is 19.7. The molecule has 2 bridgehead atoms. The van der Waals surface area contributed by atoms with Crippen LogP contribution in [-0.4, -0.2) is 65.6 Å². The van der Waals surface area contributed by atoms with Crippen molar-refractivity contribution in [1.82, 2.24) is 24.4 Å². The Morgan fingerprint density at radius 3 is 2.56 bits per heavy atom. The first-order chi connectivity index (χ1) is 15.4. The van der Waals surface area contributed by atoms with Crippen molar-refractivity contribution in [2.75, 3.05) is 12.8 Å². The minimum absolute atomic E-state index is 0.0755. The molecular formula is C20H31N6O6PS. The van der Waals surface area contributed by atoms with Gasteiger partial charge in [-0.25, -0.2) is 4.98 Å². The minimum Gasteiger partial charge on any atom is -0.369 e. The molecule has 2 aromatic rings. The van der Waals surface area contributed by atoms with Crippen LogP contribution >= 0.6 is 6.72 Å². The molecule has 4 rings (SSSR count). The van der Waals surface area contributed by atoms with Crippen LogP contribution in [0, 0.1) is 5.41 Å². The second-order valence-corrected chi connectivity index (χ2v) is 13.7. The number of imidazole rings is 1. The number of nitrogens with one attached hydrogen (secondary N) is 1. The highest BCUT2D eigenvalue weighted by Gasteiger charge is 2.71. The number of nitrogen functional groups attached to an aromatic ring is 1. The van der Waals surface area contributed by atoms with Crippen molar-refractivity contribution < 1.29 is 23.5 Å². The van der Waals surface area contributed by atoms with Crippen LogP contribution in [0.4, 0.5) is 5.95 Å². The number of aromatic nitrogens is 4. The van der Waals surface area contributed by atoms with Crippen LogP contribution in [0.25, 0.3) is 11.2 Å². The molecule has 0 saturated carbocycles. The van der Waals surface area contributed by atoms with E-state index in [2.05, 4.69) is 15.0 Å². The SMILES string of the molecule is CN1C(=O)[C@]2(CC(C)(C)C)O[C@@H](n3cnc4c(=O)[nH]c(N)nc43)[C@H]1[C@@H]2OP(O)(=S)OC(C)(C)C. The molecular weight excluding hydrogens is 483 g/mol. The maximum absolute atomic E-state index is 13.5. The van der Waals surface area contributed by atoms with E-state index >= 15 is 0 Å². The van der Waals surface area contributed by atoms with Gasteiger partial charge in [0.15, 0.2) is 23.0 Å². The molecule has 2 saturated heterocycles. The lowest BCUT2D eigenvalue weighted by molar-refractivity contribution is -0.179. The third kappa shape index (κ3) is 4.29. The van der Waals surface area contributed by atoms with Crippen molar-refractivity contribution in [3.63, 3.8) is 0 Å². The second-order valence-electron chi connectivity index (χ2n) is 11.0. The maximum Gasteiger partial charge on any atom is 0.325 e.